The minimum absolute atomic E-state index is 0.00705. The fourth-order valence-corrected chi connectivity index (χ4v) is 2.28. The van der Waals surface area contributed by atoms with E-state index in [4.69, 9.17) is 5.11 Å². The zero-order chi connectivity index (χ0) is 15.2. The molecule has 0 aromatic heterocycles. The average Bonchev–Trinajstić information content (AvgIpc) is 2.70. The van der Waals surface area contributed by atoms with Gasteiger partial charge in [0.1, 0.15) is 0 Å². The Labute approximate surface area is 124 Å². The molecule has 1 amide bonds. The van der Waals surface area contributed by atoms with Gasteiger partial charge in [0.2, 0.25) is 5.91 Å². The van der Waals surface area contributed by atoms with E-state index in [2.05, 4.69) is 11.9 Å². The number of hydrogen-bond donors (Lipinski definition) is 1. The molecule has 0 aliphatic carbocycles. The fourth-order valence-electron chi connectivity index (χ4n) is 2.28. The van der Waals surface area contributed by atoms with E-state index in [0.29, 0.717) is 0 Å². The molecule has 0 saturated carbocycles. The summed E-state index contributed by atoms with van der Waals surface area (Å²) >= 11 is 0. The minimum Gasteiger partial charge on any atom is -0.478 e. The molecule has 5 heteroatoms. The Balaban J connectivity index is 1.96. The summed E-state index contributed by atoms with van der Waals surface area (Å²) in [6, 6.07) is 6.47. The summed E-state index contributed by atoms with van der Waals surface area (Å²) < 4.78 is 0. The first-order valence-electron chi connectivity index (χ1n) is 7.05. The molecule has 1 aliphatic rings. The van der Waals surface area contributed by atoms with E-state index >= 15 is 0 Å². The predicted octanol–water partition coefficient (Wildman–Crippen LogP) is 1.56. The van der Waals surface area contributed by atoms with Gasteiger partial charge in [0.25, 0.3) is 0 Å². The van der Waals surface area contributed by atoms with Crippen molar-refractivity contribution in [3.63, 3.8) is 0 Å². The molecule has 0 bridgehead atoms. The summed E-state index contributed by atoms with van der Waals surface area (Å²) in [5.41, 5.74) is 1.06. The second-order valence-corrected chi connectivity index (χ2v) is 5.24. The number of likely N-dealkylation sites (N-methyl/N-ethyl adjacent to an activating group) is 1. The third-order valence-electron chi connectivity index (χ3n) is 3.61. The van der Waals surface area contributed by atoms with E-state index in [1.54, 1.807) is 24.3 Å². The number of carboxylic acid groups (broad SMARTS) is 1. The maximum Gasteiger partial charge on any atom is 0.335 e. The molecule has 1 heterocycles. The Morgan fingerprint density at radius 3 is 2.48 bits per heavy atom. The first-order valence-corrected chi connectivity index (χ1v) is 7.05. The van der Waals surface area contributed by atoms with E-state index < -0.39 is 5.97 Å². The zero-order valence-corrected chi connectivity index (χ0v) is 12.2. The van der Waals surface area contributed by atoms with Crippen LogP contribution in [0.3, 0.4) is 0 Å². The van der Waals surface area contributed by atoms with Gasteiger partial charge in [0.15, 0.2) is 0 Å². The van der Waals surface area contributed by atoms with Crippen LogP contribution in [0.4, 0.5) is 0 Å². The molecule has 0 radical (unpaired) electrons. The van der Waals surface area contributed by atoms with Crippen molar-refractivity contribution in [2.75, 3.05) is 33.2 Å². The van der Waals surface area contributed by atoms with Crippen LogP contribution in [0.2, 0.25) is 0 Å². The van der Waals surface area contributed by atoms with Gasteiger partial charge in [0.05, 0.1) is 5.56 Å². The lowest BCUT2D eigenvalue weighted by Crippen LogP contribution is -2.33. The van der Waals surface area contributed by atoms with E-state index in [0.717, 1.165) is 38.2 Å². The Bertz CT molecular complexity index is 537. The van der Waals surface area contributed by atoms with Crippen LogP contribution >= 0.6 is 0 Å². The second-order valence-electron chi connectivity index (χ2n) is 5.24. The summed E-state index contributed by atoms with van der Waals surface area (Å²) in [7, 11) is 2.06. The van der Waals surface area contributed by atoms with Crippen LogP contribution in [-0.2, 0) is 4.79 Å². The molecule has 0 spiro atoms. The molecule has 1 aromatic rings. The number of hydrogen-bond acceptors (Lipinski definition) is 3. The normalized spacial score (nSPS) is 16.9. The number of amides is 1. The predicted molar refractivity (Wildman–Crippen MR) is 81.1 cm³/mol. The Morgan fingerprint density at radius 2 is 1.81 bits per heavy atom. The Morgan fingerprint density at radius 1 is 1.10 bits per heavy atom. The lowest BCUT2D eigenvalue weighted by Gasteiger charge is -2.18. The number of carbonyl (C=O) groups excluding carboxylic acids is 1. The van der Waals surface area contributed by atoms with Gasteiger partial charge in [0, 0.05) is 25.7 Å². The van der Waals surface area contributed by atoms with Crippen LogP contribution in [0.15, 0.2) is 30.3 Å². The van der Waals surface area contributed by atoms with Crippen LogP contribution in [0.25, 0.3) is 6.08 Å². The molecule has 1 aliphatic heterocycles. The van der Waals surface area contributed by atoms with E-state index in [1.807, 2.05) is 4.90 Å². The minimum atomic E-state index is -0.949. The number of carbonyl (C=O) groups is 2. The van der Waals surface area contributed by atoms with Crippen LogP contribution < -0.4 is 0 Å². The standard InChI is InChI=1S/C16H20N2O3/c1-17-9-2-10-18(12-11-17)15(19)8-5-13-3-6-14(7-4-13)16(20)21/h3-8H,2,9-12H2,1H3,(H,20,21)/b8-5+. The third-order valence-corrected chi connectivity index (χ3v) is 3.61. The highest BCUT2D eigenvalue weighted by molar-refractivity contribution is 5.92. The van der Waals surface area contributed by atoms with Crippen LogP contribution in [0.1, 0.15) is 22.3 Å². The summed E-state index contributed by atoms with van der Waals surface area (Å²) in [6.07, 6.45) is 4.27. The van der Waals surface area contributed by atoms with Crippen molar-refractivity contribution in [2.45, 2.75) is 6.42 Å². The first kappa shape index (κ1) is 15.3. The molecule has 0 atom stereocenters. The molecule has 5 nitrogen and oxygen atoms in total. The molecule has 21 heavy (non-hydrogen) atoms. The van der Waals surface area contributed by atoms with Crippen LogP contribution in [0.5, 0.6) is 0 Å². The van der Waals surface area contributed by atoms with Gasteiger partial charge in [-0.25, -0.2) is 4.79 Å². The Hall–Kier alpha value is -2.14. The quantitative estimate of drug-likeness (QED) is 0.858. The molecule has 112 valence electrons. The van der Waals surface area contributed by atoms with Crippen molar-refractivity contribution in [2.24, 2.45) is 0 Å². The van der Waals surface area contributed by atoms with Crippen molar-refractivity contribution in [3.8, 4) is 0 Å². The maximum absolute atomic E-state index is 12.1. The summed E-state index contributed by atoms with van der Waals surface area (Å²) in [6.45, 7) is 3.44. The third kappa shape index (κ3) is 4.43. The van der Waals surface area contributed by atoms with Crippen molar-refractivity contribution in [3.05, 3.63) is 41.5 Å². The number of carboxylic acids is 1. The SMILES string of the molecule is CN1CCCN(C(=O)/C=C/c2ccc(C(=O)O)cc2)CC1. The molecular weight excluding hydrogens is 268 g/mol. The number of benzene rings is 1. The van der Waals surface area contributed by atoms with Crippen molar-refractivity contribution >= 4 is 18.0 Å². The van der Waals surface area contributed by atoms with Gasteiger partial charge < -0.3 is 14.9 Å². The van der Waals surface area contributed by atoms with E-state index in [9.17, 15) is 9.59 Å². The van der Waals surface area contributed by atoms with E-state index in [-0.39, 0.29) is 11.5 Å². The van der Waals surface area contributed by atoms with Crippen molar-refractivity contribution < 1.29 is 14.7 Å². The summed E-state index contributed by atoms with van der Waals surface area (Å²) in [5.74, 6) is -0.942. The molecule has 1 fully saturated rings. The summed E-state index contributed by atoms with van der Waals surface area (Å²) in [5, 5.41) is 8.83. The zero-order valence-electron chi connectivity index (χ0n) is 12.2. The summed E-state index contributed by atoms with van der Waals surface area (Å²) in [4.78, 5) is 27.0. The van der Waals surface area contributed by atoms with Gasteiger partial charge in [-0.05, 0) is 43.8 Å². The molecule has 0 unspecified atom stereocenters. The molecule has 2 rings (SSSR count). The molecule has 1 aromatic carbocycles. The average molecular weight is 288 g/mol. The van der Waals surface area contributed by atoms with E-state index in [1.165, 1.54) is 12.1 Å². The van der Waals surface area contributed by atoms with Crippen LogP contribution in [-0.4, -0.2) is 60.0 Å². The highest BCUT2D eigenvalue weighted by atomic mass is 16.4. The molecular formula is C16H20N2O3. The van der Waals surface area contributed by atoms with Gasteiger partial charge in [-0.15, -0.1) is 0 Å². The maximum atomic E-state index is 12.1. The number of rotatable bonds is 3. The fraction of sp³-hybridized carbons (Fsp3) is 0.375. The lowest BCUT2D eigenvalue weighted by molar-refractivity contribution is -0.125. The monoisotopic (exact) mass is 288 g/mol. The van der Waals surface area contributed by atoms with Gasteiger partial charge in [-0.3, -0.25) is 4.79 Å². The second kappa shape index (κ2) is 7.04. The molecule has 1 N–H and O–H groups in total. The van der Waals surface area contributed by atoms with Crippen LogP contribution in [0, 0.1) is 0 Å². The van der Waals surface area contributed by atoms with Gasteiger partial charge in [-0.2, -0.15) is 0 Å². The Kier molecular flexibility index (Phi) is 5.11. The smallest absolute Gasteiger partial charge is 0.335 e. The first-order chi connectivity index (χ1) is 10.1. The lowest BCUT2D eigenvalue weighted by atomic mass is 10.1. The topological polar surface area (TPSA) is 60.9 Å². The van der Waals surface area contributed by atoms with Crippen molar-refractivity contribution in [1.82, 2.24) is 9.80 Å². The largest absolute Gasteiger partial charge is 0.478 e. The number of aromatic carboxylic acids is 1. The molecule has 1 saturated heterocycles. The number of nitrogens with zero attached hydrogens (tertiary/aromatic N) is 2. The van der Waals surface area contributed by atoms with Gasteiger partial charge >= 0.3 is 5.97 Å². The van der Waals surface area contributed by atoms with Crippen molar-refractivity contribution in [1.29, 1.82) is 0 Å². The highest BCUT2D eigenvalue weighted by Crippen LogP contribution is 2.08. The highest BCUT2D eigenvalue weighted by Gasteiger charge is 2.15. The van der Waals surface area contributed by atoms with Gasteiger partial charge in [-0.1, -0.05) is 12.1 Å².